The van der Waals surface area contributed by atoms with Gasteiger partial charge >= 0.3 is 5.70 Å². The maximum atomic E-state index is 9.51. The third kappa shape index (κ3) is 6.23. The minimum Gasteiger partial charge on any atom is -0.365 e. The Hall–Kier alpha value is -2.02. The fourth-order valence-corrected chi connectivity index (χ4v) is 4.87. The summed E-state index contributed by atoms with van der Waals surface area (Å²) in [5.41, 5.74) is 0.259. The van der Waals surface area contributed by atoms with E-state index in [9.17, 15) is 5.26 Å². The van der Waals surface area contributed by atoms with Crippen LogP contribution in [0, 0.1) is 23.8 Å². The third-order valence-corrected chi connectivity index (χ3v) is 6.36. The van der Waals surface area contributed by atoms with Crippen LogP contribution in [0.15, 0.2) is 23.7 Å². The summed E-state index contributed by atoms with van der Waals surface area (Å²) < 4.78 is 0. The molecule has 3 aliphatic heterocycles. The first-order valence-electron chi connectivity index (χ1n) is 11.3. The lowest BCUT2D eigenvalue weighted by Crippen LogP contribution is -2.36. The molecule has 29 heavy (non-hydrogen) atoms. The molecule has 6 heteroatoms. The summed E-state index contributed by atoms with van der Waals surface area (Å²) in [7, 11) is 0. The van der Waals surface area contributed by atoms with E-state index in [1.165, 1.54) is 25.9 Å². The first-order chi connectivity index (χ1) is 14.2. The summed E-state index contributed by atoms with van der Waals surface area (Å²) in [6.45, 7) is 20.4. The van der Waals surface area contributed by atoms with Crippen LogP contribution in [0.3, 0.4) is 0 Å². The van der Waals surface area contributed by atoms with Gasteiger partial charge in [0.05, 0.1) is 12.6 Å². The molecule has 0 aromatic carbocycles. The van der Waals surface area contributed by atoms with Crippen LogP contribution in [-0.4, -0.2) is 85.0 Å². The lowest BCUT2D eigenvalue weighted by Gasteiger charge is -2.32. The maximum absolute atomic E-state index is 9.51. The van der Waals surface area contributed by atoms with Crippen LogP contribution >= 0.6 is 0 Å². The summed E-state index contributed by atoms with van der Waals surface area (Å²) >= 11 is 0. The highest BCUT2D eigenvalue weighted by Gasteiger charge is 2.28. The van der Waals surface area contributed by atoms with Gasteiger partial charge in [-0.1, -0.05) is 19.1 Å². The number of nitriles is 1. The van der Waals surface area contributed by atoms with Gasteiger partial charge in [0.15, 0.2) is 0 Å². The summed E-state index contributed by atoms with van der Waals surface area (Å²) in [5, 5.41) is 9.51. The lowest BCUT2D eigenvalue weighted by molar-refractivity contribution is 0.175. The van der Waals surface area contributed by atoms with Crippen LogP contribution in [0.2, 0.25) is 0 Å². The van der Waals surface area contributed by atoms with E-state index in [2.05, 4.69) is 49.6 Å². The Morgan fingerprint density at radius 2 is 1.79 bits per heavy atom. The molecule has 3 aliphatic rings. The smallest absolute Gasteiger partial charge is 0.300 e. The molecule has 0 radical (unpaired) electrons. The zero-order valence-electron chi connectivity index (χ0n) is 18.0. The first kappa shape index (κ1) is 21.7. The van der Waals surface area contributed by atoms with Crippen LogP contribution < -0.4 is 0 Å². The van der Waals surface area contributed by atoms with E-state index in [-0.39, 0.29) is 5.70 Å². The van der Waals surface area contributed by atoms with Crippen molar-refractivity contribution in [3.63, 3.8) is 0 Å². The zero-order valence-corrected chi connectivity index (χ0v) is 18.0. The highest BCUT2D eigenvalue weighted by atomic mass is 15.4. The van der Waals surface area contributed by atoms with Gasteiger partial charge in [0.2, 0.25) is 0 Å². The van der Waals surface area contributed by atoms with Gasteiger partial charge in [0, 0.05) is 52.4 Å². The average Bonchev–Trinajstić information content (AvgIpc) is 3.13. The topological polar surface area (TPSA) is 41.1 Å². The normalized spacial score (nSPS) is 25.1. The molecule has 0 saturated carbocycles. The summed E-state index contributed by atoms with van der Waals surface area (Å²) in [6, 6.07) is 2.15. The Kier molecular flexibility index (Phi) is 8.40. The number of hydrogen-bond donors (Lipinski definition) is 0. The van der Waals surface area contributed by atoms with Crippen molar-refractivity contribution < 1.29 is 0 Å². The molecule has 158 valence electrons. The molecule has 0 N–H and O–H groups in total. The van der Waals surface area contributed by atoms with E-state index < -0.39 is 0 Å². The predicted octanol–water partition coefficient (Wildman–Crippen LogP) is 2.99. The molecular weight excluding hydrogens is 360 g/mol. The monoisotopic (exact) mass is 396 g/mol. The summed E-state index contributed by atoms with van der Waals surface area (Å²) in [5.74, 6) is 1.69. The molecule has 0 aromatic rings. The lowest BCUT2D eigenvalue weighted by atomic mass is 10.0. The molecule has 0 aliphatic carbocycles. The fourth-order valence-electron chi connectivity index (χ4n) is 4.87. The van der Waals surface area contributed by atoms with Gasteiger partial charge in [-0.25, -0.2) is 10.1 Å². The Balaban J connectivity index is 1.51. The Morgan fingerprint density at radius 1 is 1.07 bits per heavy atom. The number of hydrogen-bond acceptors (Lipinski definition) is 5. The number of likely N-dealkylation sites (tertiary alicyclic amines) is 1. The second-order valence-corrected chi connectivity index (χ2v) is 8.69. The Bertz CT molecular complexity index is 654. The number of piperidine rings is 1. The first-order valence-corrected chi connectivity index (χ1v) is 11.3. The molecule has 2 saturated heterocycles. The molecule has 2 fully saturated rings. The molecular formula is C23H36N6. The van der Waals surface area contributed by atoms with E-state index in [4.69, 9.17) is 6.57 Å². The van der Waals surface area contributed by atoms with Crippen molar-refractivity contribution >= 4 is 0 Å². The average molecular weight is 397 g/mol. The molecule has 6 nitrogen and oxygen atoms in total. The van der Waals surface area contributed by atoms with Crippen LogP contribution in [0.25, 0.3) is 4.85 Å². The van der Waals surface area contributed by atoms with Gasteiger partial charge in [-0.15, -0.1) is 0 Å². The van der Waals surface area contributed by atoms with Crippen molar-refractivity contribution in [3.05, 3.63) is 35.1 Å². The maximum Gasteiger partial charge on any atom is 0.300 e. The third-order valence-electron chi connectivity index (χ3n) is 6.36. The molecule has 1 unspecified atom stereocenters. The SMILES string of the molecule is [C-]#[N+]/C(C#N)=C1\N(CCCN2CC=CCC2)CCN1CCCN1CCCC(C)C1. The van der Waals surface area contributed by atoms with E-state index in [0.717, 1.165) is 83.4 Å². The van der Waals surface area contributed by atoms with Crippen molar-refractivity contribution in [1.82, 2.24) is 19.6 Å². The molecule has 1 atom stereocenters. The van der Waals surface area contributed by atoms with E-state index in [1.807, 2.05) is 0 Å². The molecule has 3 heterocycles. The van der Waals surface area contributed by atoms with Gasteiger partial charge in [-0.3, -0.25) is 4.90 Å². The predicted molar refractivity (Wildman–Crippen MR) is 117 cm³/mol. The summed E-state index contributed by atoms with van der Waals surface area (Å²) in [6.07, 6.45) is 10.5. The van der Waals surface area contributed by atoms with Gasteiger partial charge in [-0.2, -0.15) is 0 Å². The van der Waals surface area contributed by atoms with Crippen molar-refractivity contribution in [2.24, 2.45) is 5.92 Å². The van der Waals surface area contributed by atoms with Crippen molar-refractivity contribution in [3.8, 4) is 6.07 Å². The molecule has 0 aromatic heterocycles. The Labute approximate surface area is 176 Å². The highest BCUT2D eigenvalue weighted by molar-refractivity contribution is 5.33. The quantitative estimate of drug-likeness (QED) is 0.358. The number of rotatable bonds is 8. The summed E-state index contributed by atoms with van der Waals surface area (Å²) in [4.78, 5) is 13.2. The van der Waals surface area contributed by atoms with Crippen LogP contribution in [-0.2, 0) is 0 Å². The fraction of sp³-hybridized carbons (Fsp3) is 0.739. The molecule has 0 amide bonds. The Morgan fingerprint density at radius 3 is 2.38 bits per heavy atom. The molecule has 3 rings (SSSR count). The number of allylic oxidation sites excluding steroid dienone is 1. The van der Waals surface area contributed by atoms with E-state index >= 15 is 0 Å². The zero-order chi connectivity index (χ0) is 20.5. The second kappa shape index (κ2) is 11.2. The highest BCUT2D eigenvalue weighted by Crippen LogP contribution is 2.24. The van der Waals surface area contributed by atoms with Gasteiger partial charge in [-0.05, 0) is 51.1 Å². The van der Waals surface area contributed by atoms with Gasteiger partial charge < -0.3 is 14.7 Å². The minimum atomic E-state index is 0.259. The van der Waals surface area contributed by atoms with Crippen LogP contribution in [0.4, 0.5) is 0 Å². The van der Waals surface area contributed by atoms with E-state index in [1.54, 1.807) is 0 Å². The molecule has 0 spiro atoms. The van der Waals surface area contributed by atoms with Gasteiger partial charge in [0.25, 0.3) is 0 Å². The molecule has 0 bridgehead atoms. The van der Waals surface area contributed by atoms with Crippen molar-refractivity contribution in [1.29, 1.82) is 5.26 Å². The largest absolute Gasteiger partial charge is 0.365 e. The van der Waals surface area contributed by atoms with Crippen molar-refractivity contribution in [2.45, 2.75) is 39.0 Å². The minimum absolute atomic E-state index is 0.259. The van der Waals surface area contributed by atoms with Crippen molar-refractivity contribution in [2.75, 3.05) is 65.4 Å². The van der Waals surface area contributed by atoms with Crippen LogP contribution in [0.1, 0.15) is 39.0 Å². The van der Waals surface area contributed by atoms with Gasteiger partial charge in [0.1, 0.15) is 5.82 Å². The number of nitrogens with zero attached hydrogens (tertiary/aromatic N) is 6. The van der Waals surface area contributed by atoms with Crippen LogP contribution in [0.5, 0.6) is 0 Å². The standard InChI is InChI=1S/C23H36N6/c1-21-9-6-12-27(20-21)14-8-16-29-18-17-28(23(29)22(19-24)25-2)15-7-13-26-10-4-3-5-11-26/h3-4,21H,5-18,20H2,1H3/b23-22+. The van der Waals surface area contributed by atoms with E-state index in [0.29, 0.717) is 0 Å². The second-order valence-electron chi connectivity index (χ2n) is 8.69.